The lowest BCUT2D eigenvalue weighted by Gasteiger charge is -2.07. The van der Waals surface area contributed by atoms with Crippen LogP contribution in [0.1, 0.15) is 23.0 Å². The van der Waals surface area contributed by atoms with Gasteiger partial charge in [0.25, 0.3) is 0 Å². The van der Waals surface area contributed by atoms with Crippen LogP contribution < -0.4 is 0 Å². The standard InChI is InChI=1S/C12H13NOS/c14-11(12-8-9-13-15-12)7-6-10-4-2-1-3-5-10/h1-5,8-9,11,14H,6-7H2. The maximum Gasteiger partial charge on any atom is 0.0901 e. The lowest BCUT2D eigenvalue weighted by molar-refractivity contribution is 0.171. The molecule has 0 saturated carbocycles. The molecule has 1 atom stereocenters. The molecule has 0 saturated heterocycles. The number of hydrogen-bond donors (Lipinski definition) is 1. The lowest BCUT2D eigenvalue weighted by atomic mass is 10.1. The van der Waals surface area contributed by atoms with Crippen molar-refractivity contribution >= 4 is 11.5 Å². The average Bonchev–Trinajstić information content (AvgIpc) is 2.81. The van der Waals surface area contributed by atoms with E-state index in [1.807, 2.05) is 24.3 Å². The highest BCUT2D eigenvalue weighted by atomic mass is 32.1. The van der Waals surface area contributed by atoms with Crippen LogP contribution in [0.4, 0.5) is 0 Å². The monoisotopic (exact) mass is 219 g/mol. The molecule has 0 aliphatic heterocycles. The number of aryl methyl sites for hydroxylation is 1. The third kappa shape index (κ3) is 2.88. The molecule has 3 heteroatoms. The Morgan fingerprint density at radius 1 is 1.20 bits per heavy atom. The lowest BCUT2D eigenvalue weighted by Crippen LogP contribution is -1.97. The number of aliphatic hydroxyl groups excluding tert-OH is 1. The van der Waals surface area contributed by atoms with Crippen LogP contribution >= 0.6 is 11.5 Å². The Labute approximate surface area is 93.4 Å². The van der Waals surface area contributed by atoms with E-state index in [0.717, 1.165) is 17.7 Å². The number of aromatic nitrogens is 1. The number of nitrogens with zero attached hydrogens (tertiary/aromatic N) is 1. The quantitative estimate of drug-likeness (QED) is 0.857. The van der Waals surface area contributed by atoms with Crippen molar-refractivity contribution in [2.24, 2.45) is 0 Å². The number of hydrogen-bond acceptors (Lipinski definition) is 3. The molecule has 2 nitrogen and oxygen atoms in total. The summed E-state index contributed by atoms with van der Waals surface area (Å²) in [5.41, 5.74) is 1.26. The third-order valence-electron chi connectivity index (χ3n) is 2.34. The van der Waals surface area contributed by atoms with E-state index in [9.17, 15) is 5.11 Å². The van der Waals surface area contributed by atoms with Gasteiger partial charge in [-0.15, -0.1) is 0 Å². The van der Waals surface area contributed by atoms with E-state index < -0.39 is 0 Å². The predicted molar refractivity (Wildman–Crippen MR) is 61.8 cm³/mol. The van der Waals surface area contributed by atoms with Crippen molar-refractivity contribution in [1.82, 2.24) is 4.37 Å². The van der Waals surface area contributed by atoms with Gasteiger partial charge in [-0.1, -0.05) is 30.3 Å². The molecule has 0 radical (unpaired) electrons. The van der Waals surface area contributed by atoms with Crippen molar-refractivity contribution in [2.75, 3.05) is 0 Å². The summed E-state index contributed by atoms with van der Waals surface area (Å²) in [5.74, 6) is 0. The highest BCUT2D eigenvalue weighted by Crippen LogP contribution is 2.21. The summed E-state index contributed by atoms with van der Waals surface area (Å²) in [6, 6.07) is 12.1. The Balaban J connectivity index is 1.89. The first-order valence-corrected chi connectivity index (χ1v) is 5.76. The van der Waals surface area contributed by atoms with E-state index in [0.29, 0.717) is 0 Å². The normalized spacial score (nSPS) is 12.6. The van der Waals surface area contributed by atoms with Crippen LogP contribution in [0.5, 0.6) is 0 Å². The summed E-state index contributed by atoms with van der Waals surface area (Å²) in [4.78, 5) is 0.950. The maximum absolute atomic E-state index is 9.84. The van der Waals surface area contributed by atoms with Crippen molar-refractivity contribution < 1.29 is 5.11 Å². The van der Waals surface area contributed by atoms with E-state index >= 15 is 0 Å². The number of aliphatic hydroxyl groups is 1. The van der Waals surface area contributed by atoms with Crippen molar-refractivity contribution in [3.8, 4) is 0 Å². The molecule has 0 amide bonds. The SMILES string of the molecule is OC(CCc1ccccc1)c1ccns1. The second-order valence-corrected chi connectivity index (χ2v) is 4.32. The maximum atomic E-state index is 9.84. The van der Waals surface area contributed by atoms with Crippen LogP contribution in [-0.2, 0) is 6.42 Å². The Morgan fingerprint density at radius 3 is 2.67 bits per heavy atom. The molecule has 0 bridgehead atoms. The first-order chi connectivity index (χ1) is 7.36. The number of benzene rings is 1. The van der Waals surface area contributed by atoms with Gasteiger partial charge in [-0.05, 0) is 36.0 Å². The highest BCUT2D eigenvalue weighted by molar-refractivity contribution is 7.05. The minimum atomic E-state index is -0.377. The van der Waals surface area contributed by atoms with E-state index in [1.165, 1.54) is 17.1 Å². The van der Waals surface area contributed by atoms with Crippen LogP contribution in [0.25, 0.3) is 0 Å². The van der Waals surface area contributed by atoms with Crippen molar-refractivity contribution in [3.05, 3.63) is 53.0 Å². The van der Waals surface area contributed by atoms with Gasteiger partial charge >= 0.3 is 0 Å². The van der Waals surface area contributed by atoms with Gasteiger partial charge in [0.05, 0.1) is 11.0 Å². The van der Waals surface area contributed by atoms with E-state index in [4.69, 9.17) is 0 Å². The van der Waals surface area contributed by atoms with Crippen LogP contribution in [0.15, 0.2) is 42.6 Å². The Bertz CT molecular complexity index is 385. The summed E-state index contributed by atoms with van der Waals surface area (Å²) in [5, 5.41) is 9.84. The molecule has 2 aromatic rings. The Morgan fingerprint density at radius 2 is 2.00 bits per heavy atom. The Hall–Kier alpha value is -1.19. The summed E-state index contributed by atoms with van der Waals surface area (Å²) >= 11 is 1.37. The minimum absolute atomic E-state index is 0.377. The summed E-state index contributed by atoms with van der Waals surface area (Å²) in [7, 11) is 0. The largest absolute Gasteiger partial charge is 0.388 e. The summed E-state index contributed by atoms with van der Waals surface area (Å²) < 4.78 is 3.98. The van der Waals surface area contributed by atoms with Gasteiger partial charge in [0.2, 0.25) is 0 Å². The zero-order chi connectivity index (χ0) is 10.5. The molecule has 1 unspecified atom stereocenters. The first-order valence-electron chi connectivity index (χ1n) is 4.99. The molecule has 1 aromatic carbocycles. The van der Waals surface area contributed by atoms with Gasteiger partial charge in [0, 0.05) is 6.20 Å². The third-order valence-corrected chi connectivity index (χ3v) is 3.18. The molecule has 1 aromatic heterocycles. The molecule has 2 rings (SSSR count). The second kappa shape index (κ2) is 5.05. The smallest absolute Gasteiger partial charge is 0.0901 e. The van der Waals surface area contributed by atoms with Gasteiger partial charge in [0.15, 0.2) is 0 Å². The van der Waals surface area contributed by atoms with Gasteiger partial charge < -0.3 is 5.11 Å². The molecule has 1 heterocycles. The minimum Gasteiger partial charge on any atom is -0.388 e. The zero-order valence-corrected chi connectivity index (χ0v) is 9.15. The van der Waals surface area contributed by atoms with Gasteiger partial charge in [0.1, 0.15) is 0 Å². The summed E-state index contributed by atoms with van der Waals surface area (Å²) in [6.45, 7) is 0. The van der Waals surface area contributed by atoms with E-state index in [-0.39, 0.29) is 6.10 Å². The molecule has 0 aliphatic carbocycles. The van der Waals surface area contributed by atoms with E-state index in [2.05, 4.69) is 16.5 Å². The fraction of sp³-hybridized carbons (Fsp3) is 0.250. The second-order valence-electron chi connectivity index (χ2n) is 3.45. The van der Waals surface area contributed by atoms with Crippen LogP contribution in [0, 0.1) is 0 Å². The molecule has 0 aliphatic rings. The molecule has 15 heavy (non-hydrogen) atoms. The van der Waals surface area contributed by atoms with Crippen LogP contribution in [0.3, 0.4) is 0 Å². The van der Waals surface area contributed by atoms with Gasteiger partial charge in [-0.2, -0.15) is 0 Å². The molecule has 78 valence electrons. The van der Waals surface area contributed by atoms with E-state index in [1.54, 1.807) is 6.20 Å². The molecular weight excluding hydrogens is 206 g/mol. The molecule has 1 N–H and O–H groups in total. The zero-order valence-electron chi connectivity index (χ0n) is 8.34. The molecule has 0 spiro atoms. The topological polar surface area (TPSA) is 33.1 Å². The predicted octanol–water partition coefficient (Wildman–Crippen LogP) is 2.81. The molecular formula is C12H13NOS. The summed E-state index contributed by atoms with van der Waals surface area (Å²) in [6.07, 6.45) is 3.01. The van der Waals surface area contributed by atoms with Crippen molar-refractivity contribution in [1.29, 1.82) is 0 Å². The van der Waals surface area contributed by atoms with Crippen LogP contribution in [-0.4, -0.2) is 9.48 Å². The first kappa shape index (κ1) is 10.3. The van der Waals surface area contributed by atoms with Crippen LogP contribution in [0.2, 0.25) is 0 Å². The number of rotatable bonds is 4. The van der Waals surface area contributed by atoms with Crippen molar-refractivity contribution in [2.45, 2.75) is 18.9 Å². The fourth-order valence-electron chi connectivity index (χ4n) is 1.49. The van der Waals surface area contributed by atoms with Crippen molar-refractivity contribution in [3.63, 3.8) is 0 Å². The average molecular weight is 219 g/mol. The fourth-order valence-corrected chi connectivity index (χ4v) is 2.09. The van der Waals surface area contributed by atoms with Gasteiger partial charge in [-0.25, -0.2) is 4.37 Å². The van der Waals surface area contributed by atoms with Gasteiger partial charge in [-0.3, -0.25) is 0 Å². The molecule has 0 fully saturated rings. The Kier molecular flexibility index (Phi) is 3.48. The highest BCUT2D eigenvalue weighted by Gasteiger charge is 2.08.